The Morgan fingerprint density at radius 3 is 2.33 bits per heavy atom. The van der Waals surface area contributed by atoms with Crippen LogP contribution in [0.5, 0.6) is 0 Å². The minimum absolute atomic E-state index is 0.129. The van der Waals surface area contributed by atoms with Gasteiger partial charge in [0.2, 0.25) is 0 Å². The molecule has 1 amide bonds. The molecule has 1 heterocycles. The van der Waals surface area contributed by atoms with E-state index in [2.05, 4.69) is 26.0 Å². The van der Waals surface area contributed by atoms with Crippen molar-refractivity contribution in [2.75, 3.05) is 10.0 Å². The van der Waals surface area contributed by atoms with E-state index in [1.54, 1.807) is 55.5 Å². The molecule has 0 radical (unpaired) electrons. The van der Waals surface area contributed by atoms with Crippen molar-refractivity contribution in [3.8, 4) is 0 Å². The fraction of sp³-hybridized carbons (Fsp3) is 0.0455. The van der Waals surface area contributed by atoms with E-state index in [0.717, 1.165) is 9.86 Å². The Labute approximate surface area is 182 Å². The van der Waals surface area contributed by atoms with Gasteiger partial charge < -0.3 is 9.73 Å². The van der Waals surface area contributed by atoms with E-state index < -0.39 is 15.9 Å². The zero-order valence-electron chi connectivity index (χ0n) is 15.8. The molecule has 0 saturated heterocycles. The van der Waals surface area contributed by atoms with Gasteiger partial charge in [-0.2, -0.15) is 0 Å². The minimum atomic E-state index is -3.80. The number of anilines is 2. The molecule has 3 aromatic carbocycles. The van der Waals surface area contributed by atoms with Crippen LogP contribution in [0.1, 0.15) is 16.1 Å². The van der Waals surface area contributed by atoms with Gasteiger partial charge in [0, 0.05) is 15.4 Å². The highest BCUT2D eigenvalue weighted by atomic mass is 79.9. The molecular weight excluding hydrogens is 468 g/mol. The van der Waals surface area contributed by atoms with Gasteiger partial charge in [-0.15, -0.1) is 0 Å². The van der Waals surface area contributed by atoms with Crippen molar-refractivity contribution in [1.29, 1.82) is 0 Å². The number of nitrogens with one attached hydrogen (secondary N) is 2. The number of carbonyl (C=O) groups excluding carboxylic acids is 1. The Bertz CT molecular complexity index is 1350. The third-order valence-electron chi connectivity index (χ3n) is 4.58. The first-order chi connectivity index (χ1) is 14.3. The van der Waals surface area contributed by atoms with Crippen LogP contribution in [0.4, 0.5) is 11.4 Å². The molecule has 0 aliphatic rings. The lowest BCUT2D eigenvalue weighted by molar-refractivity contribution is 0.0998. The largest absolute Gasteiger partial charge is 0.451 e. The van der Waals surface area contributed by atoms with Crippen molar-refractivity contribution in [1.82, 2.24) is 0 Å². The highest BCUT2D eigenvalue weighted by Gasteiger charge is 2.20. The number of furan rings is 1. The molecule has 0 unspecified atom stereocenters. The predicted molar refractivity (Wildman–Crippen MR) is 120 cm³/mol. The maximum Gasteiger partial charge on any atom is 0.291 e. The fourth-order valence-electron chi connectivity index (χ4n) is 3.07. The highest BCUT2D eigenvalue weighted by Crippen LogP contribution is 2.30. The highest BCUT2D eigenvalue weighted by molar-refractivity contribution is 9.10. The molecule has 6 nitrogen and oxygen atoms in total. The molecular formula is C22H17BrN2O4S. The molecule has 4 rings (SSSR count). The Kier molecular flexibility index (Phi) is 5.36. The van der Waals surface area contributed by atoms with E-state index in [9.17, 15) is 13.2 Å². The summed E-state index contributed by atoms with van der Waals surface area (Å²) < 4.78 is 34.5. The van der Waals surface area contributed by atoms with Crippen LogP contribution in [0.2, 0.25) is 0 Å². The zero-order chi connectivity index (χ0) is 21.3. The lowest BCUT2D eigenvalue weighted by Gasteiger charge is -2.13. The Morgan fingerprint density at radius 1 is 0.933 bits per heavy atom. The van der Waals surface area contributed by atoms with Crippen LogP contribution >= 0.6 is 15.9 Å². The van der Waals surface area contributed by atoms with Crippen molar-refractivity contribution in [3.05, 3.63) is 88.6 Å². The van der Waals surface area contributed by atoms with Crippen LogP contribution < -0.4 is 10.0 Å². The molecule has 0 spiro atoms. The smallest absolute Gasteiger partial charge is 0.291 e. The summed E-state index contributed by atoms with van der Waals surface area (Å²) in [4.78, 5) is 13.0. The van der Waals surface area contributed by atoms with Crippen LogP contribution in [-0.2, 0) is 10.0 Å². The molecule has 8 heteroatoms. The van der Waals surface area contributed by atoms with E-state index in [0.29, 0.717) is 16.8 Å². The maximum absolute atomic E-state index is 12.9. The average Bonchev–Trinajstić information content (AvgIpc) is 3.06. The summed E-state index contributed by atoms with van der Waals surface area (Å²) in [5.74, 6) is -0.296. The number of fused-ring (bicyclic) bond motifs is 1. The number of carbonyl (C=O) groups is 1. The van der Waals surface area contributed by atoms with Gasteiger partial charge in [0.05, 0.1) is 16.3 Å². The van der Waals surface area contributed by atoms with Gasteiger partial charge in [-0.1, -0.05) is 46.3 Å². The second-order valence-corrected chi connectivity index (χ2v) is 9.21. The third kappa shape index (κ3) is 3.96. The monoisotopic (exact) mass is 484 g/mol. The van der Waals surface area contributed by atoms with Crippen LogP contribution in [0.25, 0.3) is 11.0 Å². The van der Waals surface area contributed by atoms with Gasteiger partial charge in [0.1, 0.15) is 5.58 Å². The summed E-state index contributed by atoms with van der Waals surface area (Å²) in [7, 11) is -3.80. The first-order valence-corrected chi connectivity index (χ1v) is 11.3. The molecule has 152 valence electrons. The quantitative estimate of drug-likeness (QED) is 0.388. The first-order valence-electron chi connectivity index (χ1n) is 9.02. The summed E-state index contributed by atoms with van der Waals surface area (Å²) in [5, 5.41) is 3.57. The van der Waals surface area contributed by atoms with Gasteiger partial charge in [-0.25, -0.2) is 8.42 Å². The van der Waals surface area contributed by atoms with E-state index in [4.69, 9.17) is 4.42 Å². The number of hydrogen-bond acceptors (Lipinski definition) is 4. The van der Waals surface area contributed by atoms with Gasteiger partial charge in [0.15, 0.2) is 5.76 Å². The topological polar surface area (TPSA) is 88.4 Å². The van der Waals surface area contributed by atoms with E-state index >= 15 is 0 Å². The lowest BCUT2D eigenvalue weighted by atomic mass is 10.1. The van der Waals surface area contributed by atoms with E-state index in [1.165, 1.54) is 12.1 Å². The van der Waals surface area contributed by atoms with Gasteiger partial charge >= 0.3 is 0 Å². The Hall–Kier alpha value is -3.10. The van der Waals surface area contributed by atoms with Gasteiger partial charge in [0.25, 0.3) is 15.9 Å². The second-order valence-electron chi connectivity index (χ2n) is 6.61. The SMILES string of the molecule is Cc1c(C(=O)Nc2ccccc2NS(=O)(=O)c2ccccc2)oc2ccc(Br)cc12. The number of halogens is 1. The summed E-state index contributed by atoms with van der Waals surface area (Å²) in [6, 6.07) is 20.1. The molecule has 0 atom stereocenters. The second kappa shape index (κ2) is 7.97. The van der Waals surface area contributed by atoms with Crippen LogP contribution in [0.3, 0.4) is 0 Å². The molecule has 0 bridgehead atoms. The van der Waals surface area contributed by atoms with E-state index in [1.807, 2.05) is 12.1 Å². The molecule has 4 aromatic rings. The number of sulfonamides is 1. The molecule has 2 N–H and O–H groups in total. The third-order valence-corrected chi connectivity index (χ3v) is 6.45. The minimum Gasteiger partial charge on any atom is -0.451 e. The number of benzene rings is 3. The molecule has 1 aromatic heterocycles. The van der Waals surface area contributed by atoms with Crippen LogP contribution in [0.15, 0.2) is 86.6 Å². The van der Waals surface area contributed by atoms with Crippen LogP contribution in [-0.4, -0.2) is 14.3 Å². The Morgan fingerprint density at radius 2 is 1.60 bits per heavy atom. The lowest BCUT2D eigenvalue weighted by Crippen LogP contribution is -2.17. The standard InChI is InChI=1S/C22H17BrN2O4S/c1-14-17-13-15(23)11-12-20(17)29-21(14)22(26)24-18-9-5-6-10-19(18)25-30(27,28)16-7-3-2-4-8-16/h2-13,25H,1H3,(H,24,26). The fourth-order valence-corrected chi connectivity index (χ4v) is 4.54. The molecule has 0 aliphatic heterocycles. The van der Waals surface area contributed by atoms with Crippen molar-refractivity contribution < 1.29 is 17.6 Å². The predicted octanol–water partition coefficient (Wildman–Crippen LogP) is 5.56. The number of rotatable bonds is 5. The molecule has 30 heavy (non-hydrogen) atoms. The summed E-state index contributed by atoms with van der Waals surface area (Å²) in [6.07, 6.45) is 0. The van der Waals surface area contributed by atoms with Crippen molar-refractivity contribution in [3.63, 3.8) is 0 Å². The van der Waals surface area contributed by atoms with Gasteiger partial charge in [-0.05, 0) is 49.4 Å². The summed E-state index contributed by atoms with van der Waals surface area (Å²) in [6.45, 7) is 1.80. The summed E-state index contributed by atoms with van der Waals surface area (Å²) in [5.41, 5.74) is 1.87. The summed E-state index contributed by atoms with van der Waals surface area (Å²) >= 11 is 3.42. The van der Waals surface area contributed by atoms with Crippen molar-refractivity contribution >= 4 is 54.2 Å². The van der Waals surface area contributed by atoms with Crippen LogP contribution in [0, 0.1) is 6.92 Å². The number of hydrogen-bond donors (Lipinski definition) is 2. The Balaban J connectivity index is 1.64. The van der Waals surface area contributed by atoms with Crippen molar-refractivity contribution in [2.24, 2.45) is 0 Å². The molecule has 0 aliphatic carbocycles. The van der Waals surface area contributed by atoms with E-state index in [-0.39, 0.29) is 16.3 Å². The molecule has 0 fully saturated rings. The molecule has 0 saturated carbocycles. The maximum atomic E-state index is 12.9. The number of para-hydroxylation sites is 2. The normalized spacial score (nSPS) is 11.4. The zero-order valence-corrected chi connectivity index (χ0v) is 18.2. The number of amides is 1. The van der Waals surface area contributed by atoms with Gasteiger partial charge in [-0.3, -0.25) is 9.52 Å². The first kappa shape index (κ1) is 20.2. The van der Waals surface area contributed by atoms with Crippen molar-refractivity contribution in [2.45, 2.75) is 11.8 Å². The average molecular weight is 485 g/mol. The number of aryl methyl sites for hydroxylation is 1.